The molecular formula is C28H41ClN2O3. The molecule has 5 nitrogen and oxygen atoms in total. The van der Waals surface area contributed by atoms with Crippen molar-refractivity contribution in [2.24, 2.45) is 17.8 Å². The number of carbonyl (C=O) groups excluding carboxylic acids is 2. The average Bonchev–Trinajstić information content (AvgIpc) is 3.33. The lowest BCUT2D eigenvalue weighted by Crippen LogP contribution is -2.54. The number of benzene rings is 1. The molecule has 1 aromatic carbocycles. The molecule has 0 N–H and O–H groups in total. The number of amides is 1. The molecule has 3 aliphatic rings. The van der Waals surface area contributed by atoms with Crippen molar-refractivity contribution >= 4 is 23.3 Å². The molecule has 1 amide bonds. The summed E-state index contributed by atoms with van der Waals surface area (Å²) in [6.07, 6.45) is 6.55. The molecular weight excluding hydrogens is 448 g/mol. The Morgan fingerprint density at radius 3 is 2.53 bits per heavy atom. The van der Waals surface area contributed by atoms with Crippen LogP contribution in [0.15, 0.2) is 12.1 Å². The van der Waals surface area contributed by atoms with E-state index in [0.29, 0.717) is 41.4 Å². The zero-order valence-corrected chi connectivity index (χ0v) is 21.9. The fraction of sp³-hybridized carbons (Fsp3) is 0.714. The summed E-state index contributed by atoms with van der Waals surface area (Å²) >= 11 is 6.51. The quantitative estimate of drug-likeness (QED) is 0.539. The van der Waals surface area contributed by atoms with E-state index in [9.17, 15) is 9.59 Å². The molecule has 4 rings (SSSR count). The van der Waals surface area contributed by atoms with Crippen LogP contribution in [0, 0.1) is 24.7 Å². The SMILES string of the molecule is Cc1c(CC(=O)CC2CCOCC2C)cc(Cl)cc1CN1CCN(C(=O)C2CCCC2)[C@@H](C)C1. The second kappa shape index (κ2) is 11.5. The molecule has 6 heteroatoms. The van der Waals surface area contributed by atoms with Gasteiger partial charge in [0.2, 0.25) is 5.91 Å². The van der Waals surface area contributed by atoms with Gasteiger partial charge < -0.3 is 9.64 Å². The molecule has 0 spiro atoms. The molecule has 2 unspecified atom stereocenters. The predicted molar refractivity (Wildman–Crippen MR) is 136 cm³/mol. The van der Waals surface area contributed by atoms with Crippen LogP contribution in [0.2, 0.25) is 5.02 Å². The number of rotatable bonds is 7. The van der Waals surface area contributed by atoms with E-state index in [4.69, 9.17) is 16.3 Å². The minimum absolute atomic E-state index is 0.226. The zero-order valence-electron chi connectivity index (χ0n) is 21.2. The highest BCUT2D eigenvalue weighted by Crippen LogP contribution is 2.30. The Balaban J connectivity index is 1.36. The first-order chi connectivity index (χ1) is 16.3. The number of Topliss-reactive ketones (excluding diaryl/α,β-unsaturated/α-hetero) is 1. The van der Waals surface area contributed by atoms with Gasteiger partial charge in [0.25, 0.3) is 0 Å². The van der Waals surface area contributed by atoms with Crippen molar-refractivity contribution in [3.8, 4) is 0 Å². The molecule has 0 aromatic heterocycles. The van der Waals surface area contributed by atoms with Gasteiger partial charge in [-0.15, -0.1) is 0 Å². The van der Waals surface area contributed by atoms with E-state index in [-0.39, 0.29) is 12.0 Å². The lowest BCUT2D eigenvalue weighted by Gasteiger charge is -2.41. The zero-order chi connectivity index (χ0) is 24.2. The van der Waals surface area contributed by atoms with Gasteiger partial charge in [-0.05, 0) is 73.8 Å². The summed E-state index contributed by atoms with van der Waals surface area (Å²) in [6.45, 7) is 11.4. The van der Waals surface area contributed by atoms with Crippen LogP contribution in [0.25, 0.3) is 0 Å². The maximum atomic E-state index is 12.9. The second-order valence-corrected chi connectivity index (χ2v) is 11.4. The molecule has 1 aliphatic carbocycles. The molecule has 1 aromatic rings. The maximum Gasteiger partial charge on any atom is 0.226 e. The van der Waals surface area contributed by atoms with E-state index >= 15 is 0 Å². The molecule has 3 fully saturated rings. The molecule has 2 heterocycles. The average molecular weight is 489 g/mol. The van der Waals surface area contributed by atoms with Crippen molar-refractivity contribution in [1.82, 2.24) is 9.80 Å². The van der Waals surface area contributed by atoms with Crippen LogP contribution in [0.5, 0.6) is 0 Å². The van der Waals surface area contributed by atoms with E-state index in [1.165, 1.54) is 24.0 Å². The summed E-state index contributed by atoms with van der Waals surface area (Å²) < 4.78 is 5.53. The van der Waals surface area contributed by atoms with E-state index in [1.54, 1.807) is 0 Å². The van der Waals surface area contributed by atoms with Crippen molar-refractivity contribution < 1.29 is 14.3 Å². The summed E-state index contributed by atoms with van der Waals surface area (Å²) in [5, 5.41) is 0.700. The topological polar surface area (TPSA) is 49.9 Å². The van der Waals surface area contributed by atoms with Crippen LogP contribution in [-0.4, -0.2) is 60.4 Å². The molecule has 3 atom stereocenters. The number of piperazine rings is 1. The lowest BCUT2D eigenvalue weighted by atomic mass is 9.84. The third-order valence-electron chi connectivity index (χ3n) is 8.38. The van der Waals surface area contributed by atoms with E-state index in [1.807, 2.05) is 12.1 Å². The monoisotopic (exact) mass is 488 g/mol. The van der Waals surface area contributed by atoms with Crippen LogP contribution < -0.4 is 0 Å². The molecule has 188 valence electrons. The Labute approximate surface area is 210 Å². The smallest absolute Gasteiger partial charge is 0.226 e. The Hall–Kier alpha value is -1.43. The van der Waals surface area contributed by atoms with Gasteiger partial charge in [0.1, 0.15) is 5.78 Å². The van der Waals surface area contributed by atoms with Crippen molar-refractivity contribution in [2.45, 2.75) is 78.3 Å². The number of ether oxygens (including phenoxy) is 1. The van der Waals surface area contributed by atoms with Crippen LogP contribution >= 0.6 is 11.6 Å². The van der Waals surface area contributed by atoms with Gasteiger partial charge in [-0.2, -0.15) is 0 Å². The Morgan fingerprint density at radius 1 is 1.09 bits per heavy atom. The second-order valence-electron chi connectivity index (χ2n) is 11.0. The van der Waals surface area contributed by atoms with Crippen molar-refractivity contribution in [3.05, 3.63) is 33.8 Å². The highest BCUT2D eigenvalue weighted by atomic mass is 35.5. The first kappa shape index (κ1) is 25.7. The predicted octanol–water partition coefficient (Wildman–Crippen LogP) is 5.05. The van der Waals surface area contributed by atoms with E-state index < -0.39 is 0 Å². The van der Waals surface area contributed by atoms with Crippen LogP contribution in [0.3, 0.4) is 0 Å². The first-order valence-corrected chi connectivity index (χ1v) is 13.6. The van der Waals surface area contributed by atoms with Crippen molar-refractivity contribution in [3.63, 3.8) is 0 Å². The van der Waals surface area contributed by atoms with Gasteiger partial charge in [-0.1, -0.05) is 31.4 Å². The highest BCUT2D eigenvalue weighted by Gasteiger charge is 2.33. The summed E-state index contributed by atoms with van der Waals surface area (Å²) in [5.41, 5.74) is 3.42. The number of carbonyl (C=O) groups is 2. The van der Waals surface area contributed by atoms with Gasteiger partial charge in [-0.25, -0.2) is 0 Å². The number of ketones is 1. The molecule has 2 aliphatic heterocycles. The number of nitrogens with zero attached hydrogens (tertiary/aromatic N) is 2. The van der Waals surface area contributed by atoms with Crippen LogP contribution in [0.4, 0.5) is 0 Å². The van der Waals surface area contributed by atoms with Gasteiger partial charge >= 0.3 is 0 Å². The molecule has 1 saturated carbocycles. The first-order valence-electron chi connectivity index (χ1n) is 13.2. The minimum atomic E-state index is 0.226. The number of halogens is 1. The minimum Gasteiger partial charge on any atom is -0.381 e. The van der Waals surface area contributed by atoms with E-state index in [2.05, 4.69) is 30.6 Å². The van der Waals surface area contributed by atoms with Crippen LogP contribution in [0.1, 0.15) is 69.1 Å². The standard InChI is InChI=1S/C28H41ClN2O3/c1-19-18-34-11-8-23(19)14-27(32)15-24-12-26(29)13-25(21(24)3)17-30-9-10-31(20(2)16-30)28(33)22-6-4-5-7-22/h12-13,19-20,22-23H,4-11,14-18H2,1-3H3/t19?,20-,23?/m0/s1. The molecule has 34 heavy (non-hydrogen) atoms. The third-order valence-corrected chi connectivity index (χ3v) is 8.59. The summed E-state index contributed by atoms with van der Waals surface area (Å²) in [5.74, 6) is 1.76. The summed E-state index contributed by atoms with van der Waals surface area (Å²) in [6, 6.07) is 4.24. The fourth-order valence-corrected chi connectivity index (χ4v) is 6.37. The van der Waals surface area contributed by atoms with Gasteiger partial charge in [-0.3, -0.25) is 14.5 Å². The number of hydrogen-bond donors (Lipinski definition) is 0. The Kier molecular flexibility index (Phi) is 8.71. The molecule has 2 saturated heterocycles. The molecule has 0 radical (unpaired) electrons. The summed E-state index contributed by atoms with van der Waals surface area (Å²) in [4.78, 5) is 30.4. The molecule has 0 bridgehead atoms. The van der Waals surface area contributed by atoms with Gasteiger partial charge in [0, 0.05) is 69.2 Å². The Bertz CT molecular complexity index is 883. The number of hydrogen-bond acceptors (Lipinski definition) is 4. The van der Waals surface area contributed by atoms with Gasteiger partial charge in [0.05, 0.1) is 0 Å². The van der Waals surface area contributed by atoms with Crippen LogP contribution in [-0.2, 0) is 27.3 Å². The largest absolute Gasteiger partial charge is 0.381 e. The normalized spacial score (nSPS) is 26.7. The fourth-order valence-electron chi connectivity index (χ4n) is 6.10. The van der Waals surface area contributed by atoms with E-state index in [0.717, 1.165) is 64.2 Å². The van der Waals surface area contributed by atoms with Crippen molar-refractivity contribution in [1.29, 1.82) is 0 Å². The van der Waals surface area contributed by atoms with Crippen molar-refractivity contribution in [2.75, 3.05) is 32.8 Å². The van der Waals surface area contributed by atoms with Gasteiger partial charge in [0.15, 0.2) is 0 Å². The Morgan fingerprint density at radius 2 is 1.82 bits per heavy atom. The third kappa shape index (κ3) is 6.22. The highest BCUT2D eigenvalue weighted by molar-refractivity contribution is 6.30. The summed E-state index contributed by atoms with van der Waals surface area (Å²) in [7, 11) is 0. The lowest BCUT2D eigenvalue weighted by molar-refractivity contribution is -0.140. The maximum absolute atomic E-state index is 12.9.